The molecule has 0 amide bonds. The van der Waals surface area contributed by atoms with Crippen LogP contribution < -0.4 is 10.1 Å². The molecule has 0 spiro atoms. The van der Waals surface area contributed by atoms with Crippen LogP contribution in [0.25, 0.3) is 0 Å². The van der Waals surface area contributed by atoms with Crippen LogP contribution in [-0.4, -0.2) is 29.1 Å². The molecule has 0 unspecified atom stereocenters. The first-order valence-electron chi connectivity index (χ1n) is 5.98. The number of nitrogens with one attached hydrogen (secondary N) is 1. The summed E-state index contributed by atoms with van der Waals surface area (Å²) in [6.07, 6.45) is 2.30. The molecule has 0 radical (unpaired) electrons. The van der Waals surface area contributed by atoms with Crippen LogP contribution in [0.15, 0.2) is 12.3 Å². The molecule has 6 heteroatoms. The van der Waals surface area contributed by atoms with Crippen molar-refractivity contribution in [2.24, 2.45) is 0 Å². The van der Waals surface area contributed by atoms with Crippen LogP contribution in [0.2, 0.25) is 0 Å². The average molecular weight is 253 g/mol. The Morgan fingerprint density at radius 1 is 1.56 bits per heavy atom. The van der Waals surface area contributed by atoms with E-state index < -0.39 is 4.92 Å². The number of hydrogen-bond acceptors (Lipinski definition) is 5. The number of ether oxygens (including phenoxy) is 1. The molecule has 0 fully saturated rings. The summed E-state index contributed by atoms with van der Waals surface area (Å²) in [4.78, 5) is 14.3. The van der Waals surface area contributed by atoms with Gasteiger partial charge in [0.05, 0.1) is 11.5 Å². The molecule has 0 aliphatic rings. The molecule has 1 N–H and O–H groups in total. The van der Waals surface area contributed by atoms with E-state index in [1.165, 1.54) is 6.20 Å². The maximum Gasteiger partial charge on any atom is 0.333 e. The quantitative estimate of drug-likeness (QED) is 0.457. The van der Waals surface area contributed by atoms with Crippen molar-refractivity contribution in [2.45, 2.75) is 33.2 Å². The topological polar surface area (TPSA) is 77.3 Å². The molecule has 1 heterocycles. The van der Waals surface area contributed by atoms with Gasteiger partial charge in [-0.1, -0.05) is 13.8 Å². The zero-order valence-corrected chi connectivity index (χ0v) is 11.0. The van der Waals surface area contributed by atoms with Gasteiger partial charge in [0.2, 0.25) is 0 Å². The Kier molecular flexibility index (Phi) is 5.51. The van der Waals surface area contributed by atoms with Gasteiger partial charge < -0.3 is 10.1 Å². The number of rotatable bonds is 7. The summed E-state index contributed by atoms with van der Waals surface area (Å²) >= 11 is 0. The van der Waals surface area contributed by atoms with Crippen LogP contribution >= 0.6 is 0 Å². The molecule has 0 aliphatic carbocycles. The molecule has 0 aliphatic heterocycles. The smallest absolute Gasteiger partial charge is 0.333 e. The van der Waals surface area contributed by atoms with Crippen LogP contribution in [-0.2, 0) is 0 Å². The highest BCUT2D eigenvalue weighted by Crippen LogP contribution is 2.27. The van der Waals surface area contributed by atoms with Crippen molar-refractivity contribution in [3.8, 4) is 5.88 Å². The Morgan fingerprint density at radius 2 is 2.28 bits per heavy atom. The van der Waals surface area contributed by atoms with E-state index in [-0.39, 0.29) is 11.6 Å². The summed E-state index contributed by atoms with van der Waals surface area (Å²) in [5.74, 6) is 0.101. The lowest BCUT2D eigenvalue weighted by Crippen LogP contribution is -2.24. The van der Waals surface area contributed by atoms with Gasteiger partial charge in [0.25, 0.3) is 5.88 Å². The molecule has 1 aromatic rings. The molecule has 100 valence electrons. The van der Waals surface area contributed by atoms with Crippen LogP contribution in [0.3, 0.4) is 0 Å². The van der Waals surface area contributed by atoms with E-state index in [0.29, 0.717) is 18.2 Å². The van der Waals surface area contributed by atoms with Gasteiger partial charge in [-0.3, -0.25) is 10.1 Å². The molecular formula is C12H19N3O3. The van der Waals surface area contributed by atoms with Crippen molar-refractivity contribution < 1.29 is 9.66 Å². The van der Waals surface area contributed by atoms with E-state index >= 15 is 0 Å². The predicted molar refractivity (Wildman–Crippen MR) is 68.9 cm³/mol. The third-order valence-corrected chi connectivity index (χ3v) is 2.39. The molecule has 0 aromatic carbocycles. The number of aromatic nitrogens is 1. The maximum absolute atomic E-state index is 10.9. The molecule has 0 saturated heterocycles. The van der Waals surface area contributed by atoms with Crippen molar-refractivity contribution in [2.75, 3.05) is 13.2 Å². The Bertz CT molecular complexity index is 408. The van der Waals surface area contributed by atoms with Crippen molar-refractivity contribution in [3.63, 3.8) is 0 Å². The Morgan fingerprint density at radius 3 is 2.89 bits per heavy atom. The molecule has 1 aromatic heterocycles. The SMILES string of the molecule is Cc1ccnc(OCCCNC(C)C)c1[N+](=O)[O-]. The fourth-order valence-electron chi connectivity index (χ4n) is 1.48. The first-order valence-corrected chi connectivity index (χ1v) is 5.98. The maximum atomic E-state index is 10.9. The van der Waals surface area contributed by atoms with E-state index in [1.54, 1.807) is 13.0 Å². The van der Waals surface area contributed by atoms with E-state index in [4.69, 9.17) is 4.74 Å². The summed E-state index contributed by atoms with van der Waals surface area (Å²) in [5.41, 5.74) is 0.514. The number of nitrogens with zero attached hydrogens (tertiary/aromatic N) is 2. The third-order valence-electron chi connectivity index (χ3n) is 2.39. The van der Waals surface area contributed by atoms with Gasteiger partial charge in [0, 0.05) is 17.8 Å². The van der Waals surface area contributed by atoms with Crippen molar-refractivity contribution in [3.05, 3.63) is 27.9 Å². The number of hydrogen-bond donors (Lipinski definition) is 1. The lowest BCUT2D eigenvalue weighted by atomic mass is 10.2. The molecule has 6 nitrogen and oxygen atoms in total. The Labute approximate surface area is 107 Å². The lowest BCUT2D eigenvalue weighted by Gasteiger charge is -2.09. The summed E-state index contributed by atoms with van der Waals surface area (Å²) < 4.78 is 5.37. The second-order valence-electron chi connectivity index (χ2n) is 4.35. The normalized spacial score (nSPS) is 10.7. The molecule has 0 atom stereocenters. The predicted octanol–water partition coefficient (Wildman–Crippen LogP) is 2.07. The highest BCUT2D eigenvalue weighted by molar-refractivity contribution is 5.47. The molecule has 0 bridgehead atoms. The second kappa shape index (κ2) is 6.90. The first kappa shape index (κ1) is 14.4. The average Bonchev–Trinajstić information content (AvgIpc) is 2.27. The zero-order chi connectivity index (χ0) is 13.5. The van der Waals surface area contributed by atoms with E-state index in [0.717, 1.165) is 13.0 Å². The van der Waals surface area contributed by atoms with E-state index in [1.807, 2.05) is 0 Å². The molecule has 0 saturated carbocycles. The largest absolute Gasteiger partial charge is 0.473 e. The van der Waals surface area contributed by atoms with Crippen LogP contribution in [0.1, 0.15) is 25.8 Å². The molecule has 1 rings (SSSR count). The van der Waals surface area contributed by atoms with Gasteiger partial charge in [0.15, 0.2) is 0 Å². The fraction of sp³-hybridized carbons (Fsp3) is 0.583. The highest BCUT2D eigenvalue weighted by atomic mass is 16.6. The summed E-state index contributed by atoms with van der Waals surface area (Å²) in [5, 5.41) is 14.1. The Hall–Kier alpha value is -1.69. The van der Waals surface area contributed by atoms with Gasteiger partial charge >= 0.3 is 5.69 Å². The monoisotopic (exact) mass is 253 g/mol. The standard InChI is InChI=1S/C12H19N3O3/c1-9(2)13-6-4-8-18-12-11(15(16)17)10(3)5-7-14-12/h5,7,9,13H,4,6,8H2,1-3H3. The Balaban J connectivity index is 2.52. The summed E-state index contributed by atoms with van der Waals surface area (Å²) in [7, 11) is 0. The zero-order valence-electron chi connectivity index (χ0n) is 11.0. The van der Waals surface area contributed by atoms with Crippen molar-refractivity contribution in [1.82, 2.24) is 10.3 Å². The van der Waals surface area contributed by atoms with Crippen LogP contribution in [0.5, 0.6) is 5.88 Å². The molecule has 18 heavy (non-hydrogen) atoms. The van der Waals surface area contributed by atoms with E-state index in [9.17, 15) is 10.1 Å². The van der Waals surface area contributed by atoms with Crippen molar-refractivity contribution in [1.29, 1.82) is 0 Å². The number of aryl methyl sites for hydroxylation is 1. The fourth-order valence-corrected chi connectivity index (χ4v) is 1.48. The second-order valence-corrected chi connectivity index (χ2v) is 4.35. The lowest BCUT2D eigenvalue weighted by molar-refractivity contribution is -0.386. The number of pyridine rings is 1. The van der Waals surface area contributed by atoms with Gasteiger partial charge in [-0.2, -0.15) is 0 Å². The minimum absolute atomic E-state index is 0.0469. The van der Waals surface area contributed by atoms with Gasteiger partial charge in [-0.05, 0) is 26.0 Å². The van der Waals surface area contributed by atoms with Crippen LogP contribution in [0, 0.1) is 17.0 Å². The third kappa shape index (κ3) is 4.29. The minimum atomic E-state index is -0.454. The van der Waals surface area contributed by atoms with Gasteiger partial charge in [-0.25, -0.2) is 4.98 Å². The van der Waals surface area contributed by atoms with Gasteiger partial charge in [-0.15, -0.1) is 0 Å². The first-order chi connectivity index (χ1) is 8.52. The summed E-state index contributed by atoms with van der Waals surface area (Å²) in [6, 6.07) is 2.03. The number of nitro groups is 1. The minimum Gasteiger partial charge on any atom is -0.473 e. The van der Waals surface area contributed by atoms with E-state index in [2.05, 4.69) is 24.1 Å². The van der Waals surface area contributed by atoms with Crippen molar-refractivity contribution >= 4 is 5.69 Å². The summed E-state index contributed by atoms with van der Waals surface area (Å²) in [6.45, 7) is 7.03. The van der Waals surface area contributed by atoms with Crippen LogP contribution in [0.4, 0.5) is 5.69 Å². The molecular weight excluding hydrogens is 234 g/mol. The van der Waals surface area contributed by atoms with Gasteiger partial charge in [0.1, 0.15) is 0 Å². The highest BCUT2D eigenvalue weighted by Gasteiger charge is 2.19.